The lowest BCUT2D eigenvalue weighted by Crippen LogP contribution is -2.46. The SMILES string of the molecule is O=C(C1CCCN(S(=O)(=O)c2ccc(Br)cc2)C1)N1CCc2ccc([N+](=O)[O-])cc21. The first-order chi connectivity index (χ1) is 14.3. The zero-order valence-electron chi connectivity index (χ0n) is 16.0. The summed E-state index contributed by atoms with van der Waals surface area (Å²) in [7, 11) is -3.69. The van der Waals surface area contributed by atoms with E-state index in [2.05, 4.69) is 15.9 Å². The molecule has 1 atom stereocenters. The number of amides is 1. The average molecular weight is 494 g/mol. The van der Waals surface area contributed by atoms with Crippen LogP contribution in [0.5, 0.6) is 0 Å². The third-order valence-electron chi connectivity index (χ3n) is 5.63. The van der Waals surface area contributed by atoms with Crippen LogP contribution in [0, 0.1) is 16.0 Å². The summed E-state index contributed by atoms with van der Waals surface area (Å²) >= 11 is 3.30. The molecule has 2 aromatic carbocycles. The predicted octanol–water partition coefficient (Wildman–Crippen LogP) is 3.35. The number of nitro groups is 1. The van der Waals surface area contributed by atoms with E-state index < -0.39 is 20.9 Å². The van der Waals surface area contributed by atoms with Crippen molar-refractivity contribution in [2.45, 2.75) is 24.2 Å². The van der Waals surface area contributed by atoms with Gasteiger partial charge in [-0.25, -0.2) is 8.42 Å². The van der Waals surface area contributed by atoms with Gasteiger partial charge in [0.2, 0.25) is 15.9 Å². The third-order valence-corrected chi connectivity index (χ3v) is 8.03. The summed E-state index contributed by atoms with van der Waals surface area (Å²) in [6.45, 7) is 0.924. The molecule has 1 fully saturated rings. The van der Waals surface area contributed by atoms with E-state index in [0.29, 0.717) is 38.0 Å². The second-order valence-corrected chi connectivity index (χ2v) is 10.3. The summed E-state index contributed by atoms with van der Waals surface area (Å²) < 4.78 is 28.2. The van der Waals surface area contributed by atoms with Crippen LogP contribution in [0.25, 0.3) is 0 Å². The molecular formula is C20H20BrN3O5S. The lowest BCUT2D eigenvalue weighted by atomic mass is 9.98. The van der Waals surface area contributed by atoms with Crippen molar-refractivity contribution in [3.05, 3.63) is 62.6 Å². The molecule has 2 heterocycles. The molecule has 2 aliphatic heterocycles. The zero-order chi connectivity index (χ0) is 21.5. The Morgan fingerprint density at radius 1 is 1.13 bits per heavy atom. The van der Waals surface area contributed by atoms with Gasteiger partial charge in [0.05, 0.1) is 21.4 Å². The molecule has 0 spiro atoms. The smallest absolute Gasteiger partial charge is 0.271 e. The van der Waals surface area contributed by atoms with Gasteiger partial charge in [-0.2, -0.15) is 4.31 Å². The normalized spacial score (nSPS) is 19.5. The van der Waals surface area contributed by atoms with Crippen molar-refractivity contribution in [3.8, 4) is 0 Å². The number of sulfonamides is 1. The Hall–Kier alpha value is -2.30. The Kier molecular flexibility index (Phi) is 5.65. The molecule has 0 bridgehead atoms. The molecule has 8 nitrogen and oxygen atoms in total. The molecule has 0 aliphatic carbocycles. The van der Waals surface area contributed by atoms with Gasteiger partial charge in [0.25, 0.3) is 5.69 Å². The summed E-state index contributed by atoms with van der Waals surface area (Å²) in [6, 6.07) is 11.0. The minimum absolute atomic E-state index is 0.0588. The topological polar surface area (TPSA) is 101 Å². The fraction of sp³-hybridized carbons (Fsp3) is 0.350. The highest BCUT2D eigenvalue weighted by atomic mass is 79.9. The van der Waals surface area contributed by atoms with Crippen molar-refractivity contribution in [1.82, 2.24) is 4.31 Å². The van der Waals surface area contributed by atoms with Crippen LogP contribution in [0.1, 0.15) is 18.4 Å². The number of carbonyl (C=O) groups excluding carboxylic acids is 1. The number of fused-ring (bicyclic) bond motifs is 1. The molecule has 2 aromatic rings. The minimum Gasteiger partial charge on any atom is -0.311 e. The summed E-state index contributed by atoms with van der Waals surface area (Å²) in [5.74, 6) is -0.654. The molecule has 158 valence electrons. The van der Waals surface area contributed by atoms with Crippen LogP contribution in [0.3, 0.4) is 0 Å². The molecule has 4 rings (SSSR count). The molecule has 0 N–H and O–H groups in total. The van der Waals surface area contributed by atoms with E-state index in [1.165, 1.54) is 16.4 Å². The van der Waals surface area contributed by atoms with Crippen LogP contribution in [-0.2, 0) is 21.2 Å². The standard InChI is InChI=1S/C20H20BrN3O5S/c21-16-4-7-18(8-5-16)30(28,29)22-10-1-2-15(13-22)20(25)23-11-9-14-3-6-17(24(26)27)12-19(14)23/h3-8,12,15H,1-2,9-11,13H2. The number of non-ortho nitro benzene ring substituents is 1. The number of hydrogen-bond donors (Lipinski definition) is 0. The van der Waals surface area contributed by atoms with Gasteiger partial charge >= 0.3 is 0 Å². The number of benzene rings is 2. The number of carbonyl (C=O) groups is 1. The van der Waals surface area contributed by atoms with Crippen LogP contribution in [-0.4, -0.2) is 43.2 Å². The molecule has 0 aromatic heterocycles. The maximum absolute atomic E-state index is 13.2. The van der Waals surface area contributed by atoms with Gasteiger partial charge in [-0.05, 0) is 49.1 Å². The molecule has 0 radical (unpaired) electrons. The minimum atomic E-state index is -3.69. The zero-order valence-corrected chi connectivity index (χ0v) is 18.4. The van der Waals surface area contributed by atoms with Crippen molar-refractivity contribution >= 4 is 43.2 Å². The van der Waals surface area contributed by atoms with Crippen molar-refractivity contribution in [1.29, 1.82) is 0 Å². The van der Waals surface area contributed by atoms with E-state index in [1.807, 2.05) is 0 Å². The molecular weight excluding hydrogens is 474 g/mol. The first kappa shape index (κ1) is 21.0. The maximum atomic E-state index is 13.2. The molecule has 1 unspecified atom stereocenters. The third kappa shape index (κ3) is 3.86. The lowest BCUT2D eigenvalue weighted by molar-refractivity contribution is -0.384. The number of nitro benzene ring substituents is 1. The monoisotopic (exact) mass is 493 g/mol. The number of halogens is 1. The van der Waals surface area contributed by atoms with Gasteiger partial charge in [0.1, 0.15) is 0 Å². The van der Waals surface area contributed by atoms with Crippen molar-refractivity contribution in [2.75, 3.05) is 24.5 Å². The summed E-state index contributed by atoms with van der Waals surface area (Å²) in [6.07, 6.45) is 1.81. The number of rotatable bonds is 4. The summed E-state index contributed by atoms with van der Waals surface area (Å²) in [5, 5.41) is 11.1. The first-order valence-electron chi connectivity index (χ1n) is 9.62. The van der Waals surface area contributed by atoms with Gasteiger partial charge in [0.15, 0.2) is 0 Å². The fourth-order valence-corrected chi connectivity index (χ4v) is 5.84. The average Bonchev–Trinajstić information content (AvgIpc) is 3.17. The largest absolute Gasteiger partial charge is 0.311 e. The highest BCUT2D eigenvalue weighted by Crippen LogP contribution is 2.34. The molecule has 1 saturated heterocycles. The highest BCUT2D eigenvalue weighted by Gasteiger charge is 2.37. The van der Waals surface area contributed by atoms with E-state index in [-0.39, 0.29) is 23.0 Å². The van der Waals surface area contributed by atoms with E-state index in [4.69, 9.17) is 0 Å². The van der Waals surface area contributed by atoms with Crippen LogP contribution in [0.4, 0.5) is 11.4 Å². The maximum Gasteiger partial charge on any atom is 0.271 e. The van der Waals surface area contributed by atoms with Gasteiger partial charge in [0, 0.05) is 36.2 Å². The van der Waals surface area contributed by atoms with E-state index >= 15 is 0 Å². The van der Waals surface area contributed by atoms with Gasteiger partial charge < -0.3 is 4.90 Å². The Bertz CT molecular complexity index is 1100. The Balaban J connectivity index is 1.55. The Morgan fingerprint density at radius 3 is 2.57 bits per heavy atom. The molecule has 2 aliphatic rings. The summed E-state index contributed by atoms with van der Waals surface area (Å²) in [5.41, 5.74) is 1.39. The van der Waals surface area contributed by atoms with E-state index in [0.717, 1.165) is 10.0 Å². The molecule has 0 saturated carbocycles. The number of hydrogen-bond acceptors (Lipinski definition) is 5. The van der Waals surface area contributed by atoms with E-state index in [1.54, 1.807) is 35.2 Å². The Labute approximate surface area is 182 Å². The second kappa shape index (κ2) is 8.09. The van der Waals surface area contributed by atoms with Crippen LogP contribution >= 0.6 is 15.9 Å². The summed E-state index contributed by atoms with van der Waals surface area (Å²) in [4.78, 5) is 25.6. The number of piperidine rings is 1. The van der Waals surface area contributed by atoms with Crippen molar-refractivity contribution in [3.63, 3.8) is 0 Å². The predicted molar refractivity (Wildman–Crippen MR) is 115 cm³/mol. The second-order valence-electron chi connectivity index (χ2n) is 7.47. The lowest BCUT2D eigenvalue weighted by Gasteiger charge is -2.33. The number of anilines is 1. The molecule has 10 heteroatoms. The quantitative estimate of drug-likeness (QED) is 0.480. The van der Waals surface area contributed by atoms with Crippen molar-refractivity contribution < 1.29 is 18.1 Å². The first-order valence-corrected chi connectivity index (χ1v) is 11.8. The van der Waals surface area contributed by atoms with Gasteiger partial charge in [-0.15, -0.1) is 0 Å². The van der Waals surface area contributed by atoms with Crippen molar-refractivity contribution in [2.24, 2.45) is 5.92 Å². The van der Waals surface area contributed by atoms with Gasteiger partial charge in [-0.3, -0.25) is 14.9 Å². The molecule has 30 heavy (non-hydrogen) atoms. The number of nitrogens with zero attached hydrogens (tertiary/aromatic N) is 3. The Morgan fingerprint density at radius 2 is 1.87 bits per heavy atom. The van der Waals surface area contributed by atoms with Crippen LogP contribution in [0.2, 0.25) is 0 Å². The fourth-order valence-electron chi connectivity index (χ4n) is 4.05. The highest BCUT2D eigenvalue weighted by molar-refractivity contribution is 9.10. The van der Waals surface area contributed by atoms with Crippen LogP contribution in [0.15, 0.2) is 51.8 Å². The van der Waals surface area contributed by atoms with E-state index in [9.17, 15) is 23.3 Å². The van der Waals surface area contributed by atoms with Crippen LogP contribution < -0.4 is 4.90 Å². The van der Waals surface area contributed by atoms with Gasteiger partial charge in [-0.1, -0.05) is 22.0 Å². The molecule has 1 amide bonds.